The zero-order valence-electron chi connectivity index (χ0n) is 14.6. The molecule has 2 amide bonds. The molecule has 142 valence electrons. The predicted octanol–water partition coefficient (Wildman–Crippen LogP) is 3.91. The second-order valence-corrected chi connectivity index (χ2v) is 6.49. The number of anilines is 1. The fourth-order valence-corrected chi connectivity index (χ4v) is 3.04. The number of rotatable bonds is 4. The minimum Gasteiger partial charge on any atom is -0.342 e. The van der Waals surface area contributed by atoms with Gasteiger partial charge in [-0.15, -0.1) is 0 Å². The highest BCUT2D eigenvalue weighted by atomic mass is 19.2. The lowest BCUT2D eigenvalue weighted by Gasteiger charge is -2.26. The summed E-state index contributed by atoms with van der Waals surface area (Å²) in [5.41, 5.74) is 0.569. The SMILES string of the molecule is O=C(Nc1ccc(CC(=O)N2CCCCC2)cc1)c1ccc(F)c(F)c1F. The largest absolute Gasteiger partial charge is 0.342 e. The minimum atomic E-state index is -1.69. The Bertz CT molecular complexity index is 847. The van der Waals surface area contributed by atoms with Gasteiger partial charge in [0.15, 0.2) is 17.5 Å². The number of hydrogen-bond donors (Lipinski definition) is 1. The molecule has 1 N–H and O–H groups in total. The third-order valence-corrected chi connectivity index (χ3v) is 4.56. The van der Waals surface area contributed by atoms with Crippen molar-refractivity contribution in [2.24, 2.45) is 0 Å². The summed E-state index contributed by atoms with van der Waals surface area (Å²) in [5.74, 6) is -5.39. The van der Waals surface area contributed by atoms with Crippen molar-refractivity contribution >= 4 is 17.5 Å². The third kappa shape index (κ3) is 4.48. The molecular formula is C20H19F3N2O2. The molecular weight excluding hydrogens is 357 g/mol. The van der Waals surface area contributed by atoms with Crippen LogP contribution >= 0.6 is 0 Å². The molecule has 1 aliphatic heterocycles. The van der Waals surface area contributed by atoms with E-state index in [2.05, 4.69) is 5.32 Å². The van der Waals surface area contributed by atoms with Crippen molar-refractivity contribution in [2.45, 2.75) is 25.7 Å². The first-order valence-corrected chi connectivity index (χ1v) is 8.77. The molecule has 27 heavy (non-hydrogen) atoms. The minimum absolute atomic E-state index is 0.0651. The third-order valence-electron chi connectivity index (χ3n) is 4.56. The Kier molecular flexibility index (Phi) is 5.78. The maximum Gasteiger partial charge on any atom is 0.258 e. The molecule has 1 fully saturated rings. The van der Waals surface area contributed by atoms with E-state index >= 15 is 0 Å². The van der Waals surface area contributed by atoms with E-state index in [-0.39, 0.29) is 12.3 Å². The molecule has 3 rings (SSSR count). The molecule has 2 aromatic carbocycles. The number of piperidine rings is 1. The lowest BCUT2D eigenvalue weighted by atomic mass is 10.1. The van der Waals surface area contributed by atoms with Gasteiger partial charge in [0.25, 0.3) is 5.91 Å². The molecule has 0 saturated carbocycles. The van der Waals surface area contributed by atoms with Crippen molar-refractivity contribution in [3.8, 4) is 0 Å². The number of nitrogens with zero attached hydrogens (tertiary/aromatic N) is 1. The number of benzene rings is 2. The van der Waals surface area contributed by atoms with Gasteiger partial charge in [-0.05, 0) is 49.1 Å². The Morgan fingerprint density at radius 3 is 2.22 bits per heavy atom. The zero-order valence-corrected chi connectivity index (χ0v) is 14.6. The van der Waals surface area contributed by atoms with Crippen LogP contribution in [-0.2, 0) is 11.2 Å². The fraction of sp³-hybridized carbons (Fsp3) is 0.300. The number of hydrogen-bond acceptors (Lipinski definition) is 2. The monoisotopic (exact) mass is 376 g/mol. The molecule has 1 aliphatic rings. The number of halogens is 3. The van der Waals surface area contributed by atoms with Crippen LogP contribution in [-0.4, -0.2) is 29.8 Å². The van der Waals surface area contributed by atoms with Crippen LogP contribution in [0.3, 0.4) is 0 Å². The van der Waals surface area contributed by atoms with Gasteiger partial charge in [-0.2, -0.15) is 0 Å². The van der Waals surface area contributed by atoms with E-state index in [0.29, 0.717) is 11.8 Å². The van der Waals surface area contributed by atoms with Crippen LogP contribution in [0, 0.1) is 17.5 Å². The van der Waals surface area contributed by atoms with Gasteiger partial charge in [-0.3, -0.25) is 9.59 Å². The average molecular weight is 376 g/mol. The molecule has 0 atom stereocenters. The fourth-order valence-electron chi connectivity index (χ4n) is 3.04. The van der Waals surface area contributed by atoms with E-state index in [1.54, 1.807) is 24.3 Å². The Hall–Kier alpha value is -2.83. The van der Waals surface area contributed by atoms with Gasteiger partial charge in [-0.1, -0.05) is 12.1 Å². The van der Waals surface area contributed by atoms with Gasteiger partial charge in [0.05, 0.1) is 12.0 Å². The zero-order chi connectivity index (χ0) is 19.4. The van der Waals surface area contributed by atoms with E-state index in [0.717, 1.165) is 44.0 Å². The van der Waals surface area contributed by atoms with Crippen LogP contribution in [0.2, 0.25) is 0 Å². The van der Waals surface area contributed by atoms with Gasteiger partial charge < -0.3 is 10.2 Å². The predicted molar refractivity (Wildman–Crippen MR) is 94.8 cm³/mol. The Morgan fingerprint density at radius 1 is 0.889 bits per heavy atom. The first kappa shape index (κ1) is 18.9. The molecule has 0 bridgehead atoms. The summed E-state index contributed by atoms with van der Waals surface area (Å²) in [4.78, 5) is 26.2. The van der Waals surface area contributed by atoms with Crippen molar-refractivity contribution in [1.82, 2.24) is 4.90 Å². The highest BCUT2D eigenvalue weighted by Crippen LogP contribution is 2.18. The lowest BCUT2D eigenvalue weighted by molar-refractivity contribution is -0.131. The topological polar surface area (TPSA) is 49.4 Å². The summed E-state index contributed by atoms with van der Waals surface area (Å²) in [7, 11) is 0. The molecule has 7 heteroatoms. The number of carbonyl (C=O) groups excluding carboxylic acids is 2. The van der Waals surface area contributed by atoms with Crippen LogP contribution in [0.4, 0.5) is 18.9 Å². The van der Waals surface area contributed by atoms with Crippen molar-refractivity contribution < 1.29 is 22.8 Å². The summed E-state index contributed by atoms with van der Waals surface area (Å²) in [6.07, 6.45) is 3.47. The summed E-state index contributed by atoms with van der Waals surface area (Å²) < 4.78 is 39.9. The van der Waals surface area contributed by atoms with E-state index in [1.807, 2.05) is 4.90 Å². The Balaban J connectivity index is 1.63. The van der Waals surface area contributed by atoms with Crippen molar-refractivity contribution in [1.29, 1.82) is 0 Å². The second-order valence-electron chi connectivity index (χ2n) is 6.49. The van der Waals surface area contributed by atoms with E-state index < -0.39 is 28.9 Å². The molecule has 0 aliphatic carbocycles. The van der Waals surface area contributed by atoms with Crippen LogP contribution in [0.15, 0.2) is 36.4 Å². The van der Waals surface area contributed by atoms with Gasteiger partial charge in [0, 0.05) is 18.8 Å². The molecule has 0 radical (unpaired) electrons. The van der Waals surface area contributed by atoms with Crippen LogP contribution in [0.25, 0.3) is 0 Å². The van der Waals surface area contributed by atoms with E-state index in [9.17, 15) is 22.8 Å². The van der Waals surface area contributed by atoms with Crippen LogP contribution in [0.1, 0.15) is 35.2 Å². The number of nitrogens with one attached hydrogen (secondary N) is 1. The Morgan fingerprint density at radius 2 is 1.56 bits per heavy atom. The second kappa shape index (κ2) is 8.24. The molecule has 2 aromatic rings. The van der Waals surface area contributed by atoms with Gasteiger partial charge in [0.2, 0.25) is 5.91 Å². The first-order chi connectivity index (χ1) is 13.0. The molecule has 4 nitrogen and oxygen atoms in total. The maximum absolute atomic E-state index is 13.7. The number of carbonyl (C=O) groups is 2. The van der Waals surface area contributed by atoms with Crippen LogP contribution in [0.5, 0.6) is 0 Å². The lowest BCUT2D eigenvalue weighted by Crippen LogP contribution is -2.36. The summed E-state index contributed by atoms with van der Waals surface area (Å²) in [6, 6.07) is 8.12. The molecule has 1 heterocycles. The van der Waals surface area contributed by atoms with Gasteiger partial charge in [0.1, 0.15) is 0 Å². The average Bonchev–Trinajstić information content (AvgIpc) is 2.68. The molecule has 0 aromatic heterocycles. The maximum atomic E-state index is 13.7. The Labute approximate surface area is 155 Å². The van der Waals surface area contributed by atoms with Crippen LogP contribution < -0.4 is 5.32 Å². The summed E-state index contributed by atoms with van der Waals surface area (Å²) in [5, 5.41) is 2.43. The van der Waals surface area contributed by atoms with Gasteiger partial charge >= 0.3 is 0 Å². The molecule has 0 unspecified atom stereocenters. The smallest absolute Gasteiger partial charge is 0.258 e. The van der Waals surface area contributed by atoms with E-state index in [1.165, 1.54) is 0 Å². The summed E-state index contributed by atoms with van der Waals surface area (Å²) >= 11 is 0. The molecule has 1 saturated heterocycles. The first-order valence-electron chi connectivity index (χ1n) is 8.77. The van der Waals surface area contributed by atoms with Crippen molar-refractivity contribution in [3.05, 3.63) is 65.0 Å². The standard InChI is InChI=1S/C20H19F3N2O2/c21-16-9-8-15(18(22)19(16)23)20(27)24-14-6-4-13(5-7-14)12-17(26)25-10-2-1-3-11-25/h4-9H,1-3,10-12H2,(H,24,27). The highest BCUT2D eigenvalue weighted by Gasteiger charge is 2.19. The van der Waals surface area contributed by atoms with Crippen molar-refractivity contribution in [2.75, 3.05) is 18.4 Å². The van der Waals surface area contributed by atoms with Gasteiger partial charge in [-0.25, -0.2) is 13.2 Å². The quantitative estimate of drug-likeness (QED) is 0.823. The number of likely N-dealkylation sites (tertiary alicyclic amines) is 1. The molecule has 0 spiro atoms. The van der Waals surface area contributed by atoms with E-state index in [4.69, 9.17) is 0 Å². The van der Waals surface area contributed by atoms with Crippen molar-refractivity contribution in [3.63, 3.8) is 0 Å². The summed E-state index contributed by atoms with van der Waals surface area (Å²) in [6.45, 7) is 1.57. The highest BCUT2D eigenvalue weighted by molar-refractivity contribution is 6.04. The number of amides is 2. The normalized spacial score (nSPS) is 14.1.